The molecule has 3 heterocycles. The Balaban J connectivity index is 1.47. The summed E-state index contributed by atoms with van der Waals surface area (Å²) in [6, 6.07) is -0.0165. The first kappa shape index (κ1) is 21.7. The molecule has 3 rings (SSSR count). The second-order valence-electron chi connectivity index (χ2n) is 8.13. The molecule has 7 nitrogen and oxygen atoms in total. The molecular formula is C20H37N5O2S. The molecule has 1 amide bonds. The molecule has 0 saturated carbocycles. The van der Waals surface area contributed by atoms with E-state index in [1.807, 2.05) is 23.7 Å². The largest absolute Gasteiger partial charge is 0.381 e. The molecule has 3 aliphatic rings. The van der Waals surface area contributed by atoms with E-state index in [0.29, 0.717) is 5.91 Å². The summed E-state index contributed by atoms with van der Waals surface area (Å²) in [4.78, 5) is 23.9. The SMILES string of the molecule is CN=C(NCC1(SC)CCOCC1)N1CCN(C(C)C(=O)N2CCCC2)CC1. The molecule has 160 valence electrons. The summed E-state index contributed by atoms with van der Waals surface area (Å²) in [5.74, 6) is 1.29. The fourth-order valence-corrected chi connectivity index (χ4v) is 5.24. The molecule has 1 atom stereocenters. The molecule has 8 heteroatoms. The van der Waals surface area contributed by atoms with Crippen LogP contribution in [0, 0.1) is 0 Å². The summed E-state index contributed by atoms with van der Waals surface area (Å²) in [7, 11) is 1.87. The minimum atomic E-state index is -0.0165. The fraction of sp³-hybridized carbons (Fsp3) is 0.900. The van der Waals surface area contributed by atoms with Crippen LogP contribution in [0.3, 0.4) is 0 Å². The molecule has 0 aromatic heterocycles. The number of amides is 1. The van der Waals surface area contributed by atoms with Crippen molar-refractivity contribution in [2.45, 2.75) is 43.4 Å². The van der Waals surface area contributed by atoms with Crippen LogP contribution in [-0.4, -0.2) is 110 Å². The van der Waals surface area contributed by atoms with Crippen LogP contribution >= 0.6 is 11.8 Å². The molecule has 3 saturated heterocycles. The van der Waals surface area contributed by atoms with Gasteiger partial charge in [0.15, 0.2) is 5.96 Å². The van der Waals surface area contributed by atoms with Crippen molar-refractivity contribution in [3.8, 4) is 0 Å². The Morgan fingerprint density at radius 3 is 2.32 bits per heavy atom. The number of thioether (sulfide) groups is 1. The molecule has 3 fully saturated rings. The van der Waals surface area contributed by atoms with E-state index in [1.54, 1.807) is 0 Å². The van der Waals surface area contributed by atoms with Gasteiger partial charge in [-0.25, -0.2) is 0 Å². The van der Waals surface area contributed by atoms with Crippen molar-refractivity contribution >= 4 is 23.6 Å². The highest BCUT2D eigenvalue weighted by Gasteiger charge is 2.33. The van der Waals surface area contributed by atoms with Gasteiger partial charge in [0.25, 0.3) is 0 Å². The molecule has 0 spiro atoms. The molecule has 0 bridgehead atoms. The normalized spacial score (nSPS) is 25.0. The summed E-state index contributed by atoms with van der Waals surface area (Å²) < 4.78 is 5.79. The number of nitrogens with one attached hydrogen (secondary N) is 1. The second-order valence-corrected chi connectivity index (χ2v) is 9.41. The quantitative estimate of drug-likeness (QED) is 0.540. The average Bonchev–Trinajstić information content (AvgIpc) is 3.29. The van der Waals surface area contributed by atoms with E-state index >= 15 is 0 Å². The highest BCUT2D eigenvalue weighted by atomic mass is 32.2. The van der Waals surface area contributed by atoms with E-state index in [2.05, 4.69) is 33.3 Å². The number of hydrogen-bond acceptors (Lipinski definition) is 5. The van der Waals surface area contributed by atoms with E-state index < -0.39 is 0 Å². The van der Waals surface area contributed by atoms with Crippen LogP contribution in [0.2, 0.25) is 0 Å². The van der Waals surface area contributed by atoms with Gasteiger partial charge in [-0.2, -0.15) is 11.8 Å². The van der Waals surface area contributed by atoms with Crippen LogP contribution < -0.4 is 5.32 Å². The van der Waals surface area contributed by atoms with E-state index in [1.165, 1.54) is 0 Å². The van der Waals surface area contributed by atoms with Crippen molar-refractivity contribution in [2.75, 3.05) is 72.3 Å². The number of guanidine groups is 1. The van der Waals surface area contributed by atoms with Crippen molar-refractivity contribution in [2.24, 2.45) is 4.99 Å². The van der Waals surface area contributed by atoms with Crippen molar-refractivity contribution < 1.29 is 9.53 Å². The third kappa shape index (κ3) is 5.13. The monoisotopic (exact) mass is 411 g/mol. The third-order valence-corrected chi connectivity index (χ3v) is 7.97. The molecule has 0 aliphatic carbocycles. The van der Waals surface area contributed by atoms with Crippen LogP contribution in [0.15, 0.2) is 4.99 Å². The third-order valence-electron chi connectivity index (χ3n) is 6.55. The number of ether oxygens (including phenoxy) is 1. The van der Waals surface area contributed by atoms with E-state index in [4.69, 9.17) is 4.74 Å². The Bertz CT molecular complexity index is 539. The van der Waals surface area contributed by atoms with E-state index in [-0.39, 0.29) is 10.8 Å². The Labute approximate surface area is 174 Å². The van der Waals surface area contributed by atoms with Crippen LogP contribution in [0.25, 0.3) is 0 Å². The van der Waals surface area contributed by atoms with Gasteiger partial charge in [-0.05, 0) is 38.9 Å². The first-order valence-corrected chi connectivity index (χ1v) is 11.9. The summed E-state index contributed by atoms with van der Waals surface area (Å²) in [6.07, 6.45) is 6.67. The van der Waals surface area contributed by atoms with Crippen LogP contribution in [0.5, 0.6) is 0 Å². The maximum Gasteiger partial charge on any atom is 0.239 e. The number of hydrogen-bond donors (Lipinski definition) is 1. The minimum Gasteiger partial charge on any atom is -0.381 e. The number of carbonyl (C=O) groups is 1. The van der Waals surface area contributed by atoms with Gasteiger partial charge in [0.2, 0.25) is 5.91 Å². The summed E-state index contributed by atoms with van der Waals surface area (Å²) in [6.45, 7) is 10.2. The molecule has 28 heavy (non-hydrogen) atoms. The number of likely N-dealkylation sites (tertiary alicyclic amines) is 1. The molecule has 0 radical (unpaired) electrons. The molecule has 0 aromatic carbocycles. The number of nitrogens with zero attached hydrogens (tertiary/aromatic N) is 4. The molecule has 1 N–H and O–H groups in total. The summed E-state index contributed by atoms with van der Waals surface area (Å²) >= 11 is 1.95. The Hall–Kier alpha value is -0.990. The lowest BCUT2D eigenvalue weighted by Crippen LogP contribution is -2.58. The standard InChI is InChI=1S/C20H37N5O2S/c1-17(18(26)24-8-4-5-9-24)23-10-12-25(13-11-23)19(21-2)22-16-20(28-3)6-14-27-15-7-20/h17H,4-16H2,1-3H3,(H,21,22). The van der Waals surface area contributed by atoms with Gasteiger partial charge in [-0.15, -0.1) is 0 Å². The van der Waals surface area contributed by atoms with Crippen molar-refractivity contribution in [3.05, 3.63) is 0 Å². The zero-order valence-electron chi connectivity index (χ0n) is 17.8. The number of piperazine rings is 1. The second kappa shape index (κ2) is 10.2. The van der Waals surface area contributed by atoms with Gasteiger partial charge in [0.1, 0.15) is 0 Å². The fourth-order valence-electron chi connectivity index (χ4n) is 4.45. The Kier molecular flexibility index (Phi) is 7.88. The average molecular weight is 412 g/mol. The van der Waals surface area contributed by atoms with Crippen molar-refractivity contribution in [1.82, 2.24) is 20.0 Å². The molecule has 1 unspecified atom stereocenters. The topological polar surface area (TPSA) is 60.4 Å². The van der Waals surface area contributed by atoms with Gasteiger partial charge in [-0.3, -0.25) is 14.7 Å². The van der Waals surface area contributed by atoms with Crippen LogP contribution in [0.1, 0.15) is 32.6 Å². The zero-order valence-corrected chi connectivity index (χ0v) is 18.6. The summed E-state index contributed by atoms with van der Waals surface area (Å²) in [5.41, 5.74) is 0. The first-order valence-electron chi connectivity index (χ1n) is 10.7. The lowest BCUT2D eigenvalue weighted by molar-refractivity contribution is -0.135. The molecule has 3 aliphatic heterocycles. The van der Waals surface area contributed by atoms with Gasteiger partial charge in [0.05, 0.1) is 6.04 Å². The Morgan fingerprint density at radius 2 is 1.75 bits per heavy atom. The van der Waals surface area contributed by atoms with E-state index in [0.717, 1.165) is 90.7 Å². The smallest absolute Gasteiger partial charge is 0.239 e. The van der Waals surface area contributed by atoms with Crippen molar-refractivity contribution in [3.63, 3.8) is 0 Å². The maximum absolute atomic E-state index is 12.7. The van der Waals surface area contributed by atoms with E-state index in [9.17, 15) is 4.79 Å². The van der Waals surface area contributed by atoms with Gasteiger partial charge < -0.3 is 19.9 Å². The predicted octanol–water partition coefficient (Wildman–Crippen LogP) is 1.10. The minimum absolute atomic E-state index is 0.0165. The zero-order chi connectivity index (χ0) is 20.0. The van der Waals surface area contributed by atoms with Gasteiger partial charge in [-0.1, -0.05) is 0 Å². The lowest BCUT2D eigenvalue weighted by atomic mass is 9.99. The molecular weight excluding hydrogens is 374 g/mol. The Morgan fingerprint density at radius 1 is 1.11 bits per heavy atom. The lowest BCUT2D eigenvalue weighted by Gasteiger charge is -2.41. The predicted molar refractivity (Wildman–Crippen MR) is 116 cm³/mol. The number of carbonyl (C=O) groups excluding carboxylic acids is 1. The van der Waals surface area contributed by atoms with Crippen LogP contribution in [0.4, 0.5) is 0 Å². The number of rotatable bonds is 5. The van der Waals surface area contributed by atoms with Gasteiger partial charge >= 0.3 is 0 Å². The highest BCUT2D eigenvalue weighted by Crippen LogP contribution is 2.33. The number of aliphatic imine (C=N–C) groups is 1. The molecule has 0 aromatic rings. The highest BCUT2D eigenvalue weighted by molar-refractivity contribution is 8.00. The van der Waals surface area contributed by atoms with Gasteiger partial charge in [0, 0.05) is 70.8 Å². The van der Waals surface area contributed by atoms with Crippen molar-refractivity contribution in [1.29, 1.82) is 0 Å². The maximum atomic E-state index is 12.7. The first-order chi connectivity index (χ1) is 13.6. The summed E-state index contributed by atoms with van der Waals surface area (Å²) in [5, 5.41) is 3.62. The van der Waals surface area contributed by atoms with Crippen LogP contribution in [-0.2, 0) is 9.53 Å².